The first kappa shape index (κ1) is 28.7. The quantitative estimate of drug-likeness (QED) is 0.327. The Bertz CT molecular complexity index is 1360. The van der Waals surface area contributed by atoms with Crippen LogP contribution in [0.3, 0.4) is 0 Å². The Morgan fingerprint density at radius 2 is 1.42 bits per heavy atom. The Balaban J connectivity index is 1.97. The van der Waals surface area contributed by atoms with E-state index in [1.807, 2.05) is 18.6 Å². The number of sulfonamides is 1. The number of amides is 2. The van der Waals surface area contributed by atoms with Crippen LogP contribution in [0.5, 0.6) is 0 Å². The molecule has 0 spiro atoms. The van der Waals surface area contributed by atoms with Crippen LogP contribution in [-0.4, -0.2) is 26.3 Å². The molecule has 9 heteroatoms. The van der Waals surface area contributed by atoms with Gasteiger partial charge in [0.05, 0.1) is 5.41 Å². The fourth-order valence-electron chi connectivity index (χ4n) is 4.07. The third-order valence-corrected chi connectivity index (χ3v) is 7.08. The first-order valence-corrected chi connectivity index (χ1v) is 13.8. The van der Waals surface area contributed by atoms with Gasteiger partial charge in [0.25, 0.3) is 10.0 Å². The van der Waals surface area contributed by atoms with E-state index in [4.69, 9.17) is 0 Å². The number of hydrogen-bond donors (Lipinski definition) is 1. The lowest BCUT2D eigenvalue weighted by atomic mass is 9.95. The topological polar surface area (TPSA) is 83.6 Å². The first-order valence-electron chi connectivity index (χ1n) is 12.3. The molecule has 0 fully saturated rings. The van der Waals surface area contributed by atoms with Gasteiger partial charge in [0.1, 0.15) is 17.6 Å². The van der Waals surface area contributed by atoms with Crippen molar-refractivity contribution >= 4 is 33.6 Å². The van der Waals surface area contributed by atoms with Crippen molar-refractivity contribution in [1.29, 1.82) is 0 Å². The summed E-state index contributed by atoms with van der Waals surface area (Å²) in [6, 6.07) is 18.9. The van der Waals surface area contributed by atoms with Crippen LogP contribution in [0.25, 0.3) is 6.08 Å². The number of hydrogen-bond acceptors (Lipinski definition) is 4. The van der Waals surface area contributed by atoms with Gasteiger partial charge in [-0.05, 0) is 72.9 Å². The number of nitrogens with zero attached hydrogens (tertiary/aromatic N) is 1. The van der Waals surface area contributed by atoms with Crippen LogP contribution >= 0.6 is 0 Å². The molecule has 3 rings (SSSR count). The van der Waals surface area contributed by atoms with Gasteiger partial charge in [-0.15, -0.1) is 0 Å². The Hall–Kier alpha value is -3.85. The van der Waals surface area contributed by atoms with E-state index >= 15 is 0 Å². The molecular formula is C29H30F2N2O4S. The Labute approximate surface area is 222 Å². The average Bonchev–Trinajstić information content (AvgIpc) is 2.91. The zero-order valence-corrected chi connectivity index (χ0v) is 22.0. The second-order valence-electron chi connectivity index (χ2n) is 8.76. The molecule has 1 unspecified atom stereocenters. The summed E-state index contributed by atoms with van der Waals surface area (Å²) >= 11 is 0. The third kappa shape index (κ3) is 7.82. The van der Waals surface area contributed by atoms with Crippen LogP contribution in [0.1, 0.15) is 37.8 Å². The van der Waals surface area contributed by atoms with E-state index in [1.54, 1.807) is 30.3 Å². The highest BCUT2D eigenvalue weighted by Gasteiger charge is 2.35. The molecule has 0 saturated carbocycles. The maximum atomic E-state index is 14.0. The van der Waals surface area contributed by atoms with E-state index in [0.717, 1.165) is 5.41 Å². The summed E-state index contributed by atoms with van der Waals surface area (Å²) < 4.78 is 54.6. The van der Waals surface area contributed by atoms with Crippen LogP contribution in [0.2, 0.25) is 0 Å². The normalized spacial score (nSPS) is 12.4. The predicted octanol–water partition coefficient (Wildman–Crippen LogP) is 5.46. The van der Waals surface area contributed by atoms with Crippen molar-refractivity contribution in [3.63, 3.8) is 0 Å². The molecule has 0 radical (unpaired) electrons. The van der Waals surface area contributed by atoms with E-state index < -0.39 is 39.4 Å². The van der Waals surface area contributed by atoms with Gasteiger partial charge in [0.2, 0.25) is 11.8 Å². The van der Waals surface area contributed by atoms with Gasteiger partial charge in [-0.1, -0.05) is 56.3 Å². The van der Waals surface area contributed by atoms with Gasteiger partial charge >= 0.3 is 0 Å². The number of carbonyl (C=O) groups is 2. The highest BCUT2D eigenvalue weighted by Crippen LogP contribution is 2.25. The molecule has 1 N–H and O–H groups in total. The molecule has 0 heterocycles. The van der Waals surface area contributed by atoms with E-state index in [1.165, 1.54) is 59.5 Å². The molecule has 3 aromatic rings. The summed E-state index contributed by atoms with van der Waals surface area (Å²) in [4.78, 5) is 28.7. The summed E-state index contributed by atoms with van der Waals surface area (Å²) in [6.45, 7) is 3.76. The molecule has 3 aromatic carbocycles. The molecule has 6 nitrogen and oxygen atoms in total. The Morgan fingerprint density at radius 3 is 1.97 bits per heavy atom. The second-order valence-corrected chi connectivity index (χ2v) is 10.3. The van der Waals surface area contributed by atoms with E-state index in [-0.39, 0.29) is 12.5 Å². The van der Waals surface area contributed by atoms with Crippen molar-refractivity contribution in [3.05, 3.63) is 107 Å². The number of halogens is 2. The van der Waals surface area contributed by atoms with Crippen molar-refractivity contribution in [2.75, 3.05) is 4.90 Å². The lowest BCUT2D eigenvalue weighted by molar-refractivity contribution is -0.133. The maximum absolute atomic E-state index is 14.0. The highest BCUT2D eigenvalue weighted by atomic mass is 32.2. The van der Waals surface area contributed by atoms with E-state index in [0.29, 0.717) is 29.7 Å². The summed E-state index contributed by atoms with van der Waals surface area (Å²) in [5.74, 6) is -4.09. The highest BCUT2D eigenvalue weighted by molar-refractivity contribution is 7.93. The van der Waals surface area contributed by atoms with E-state index in [9.17, 15) is 26.8 Å². The molecule has 0 aliphatic carbocycles. The van der Waals surface area contributed by atoms with Crippen LogP contribution < -0.4 is 9.62 Å². The summed E-state index contributed by atoms with van der Waals surface area (Å²) in [5, 5.41) is 0.859. The first-order chi connectivity index (χ1) is 18.1. The van der Waals surface area contributed by atoms with Crippen molar-refractivity contribution in [2.24, 2.45) is 5.92 Å². The fraction of sp³-hybridized carbons (Fsp3) is 0.241. The SMILES string of the molecule is CCC(CC)N(C(=O)C(Cc1ccc(F)cc1)C(=O)NS(=O)(=O)/C=C/c1ccccc1)c1ccc(F)cc1. The Kier molecular flexibility index (Phi) is 9.90. The second kappa shape index (κ2) is 13.1. The Morgan fingerprint density at radius 1 is 0.868 bits per heavy atom. The summed E-state index contributed by atoms with van der Waals surface area (Å²) in [7, 11) is -4.24. The molecule has 2 amide bonds. The lowest BCUT2D eigenvalue weighted by Crippen LogP contribution is -2.49. The molecule has 0 saturated heterocycles. The van der Waals surface area contributed by atoms with Gasteiger partial charge in [0.15, 0.2) is 0 Å². The molecule has 0 bridgehead atoms. The number of nitrogens with one attached hydrogen (secondary N) is 1. The van der Waals surface area contributed by atoms with Crippen LogP contribution in [0.15, 0.2) is 84.3 Å². The van der Waals surface area contributed by atoms with Gasteiger partial charge < -0.3 is 4.90 Å². The minimum absolute atomic E-state index is 0.166. The average molecular weight is 541 g/mol. The van der Waals surface area contributed by atoms with Gasteiger partial charge in [-0.3, -0.25) is 9.59 Å². The van der Waals surface area contributed by atoms with Crippen molar-refractivity contribution in [3.8, 4) is 0 Å². The van der Waals surface area contributed by atoms with Crippen molar-refractivity contribution < 1.29 is 26.8 Å². The van der Waals surface area contributed by atoms with Gasteiger partial charge in [0, 0.05) is 11.7 Å². The number of anilines is 1. The lowest BCUT2D eigenvalue weighted by Gasteiger charge is -2.33. The summed E-state index contributed by atoms with van der Waals surface area (Å²) in [5.41, 5.74) is 1.47. The van der Waals surface area contributed by atoms with Gasteiger partial charge in [-0.25, -0.2) is 21.9 Å². The molecule has 0 aliphatic heterocycles. The fourth-order valence-corrected chi connectivity index (χ4v) is 4.89. The molecular weight excluding hydrogens is 510 g/mol. The molecule has 0 aromatic heterocycles. The summed E-state index contributed by atoms with van der Waals surface area (Å²) in [6.07, 6.45) is 2.26. The number of benzene rings is 3. The number of rotatable bonds is 11. The monoisotopic (exact) mass is 540 g/mol. The molecule has 0 aliphatic rings. The largest absolute Gasteiger partial charge is 0.309 e. The molecule has 1 atom stereocenters. The number of carbonyl (C=O) groups excluding carboxylic acids is 2. The minimum Gasteiger partial charge on any atom is -0.309 e. The van der Waals surface area contributed by atoms with Gasteiger partial charge in [-0.2, -0.15) is 0 Å². The zero-order chi connectivity index (χ0) is 27.7. The zero-order valence-electron chi connectivity index (χ0n) is 21.2. The smallest absolute Gasteiger partial charge is 0.257 e. The van der Waals surface area contributed by atoms with Crippen LogP contribution in [-0.2, 0) is 26.0 Å². The third-order valence-electron chi connectivity index (χ3n) is 6.10. The van der Waals surface area contributed by atoms with Crippen LogP contribution in [0.4, 0.5) is 14.5 Å². The molecule has 200 valence electrons. The van der Waals surface area contributed by atoms with Crippen LogP contribution in [0, 0.1) is 17.6 Å². The van der Waals surface area contributed by atoms with Crippen molar-refractivity contribution in [1.82, 2.24) is 4.72 Å². The maximum Gasteiger partial charge on any atom is 0.257 e. The standard InChI is InChI=1S/C29H30F2N2O4S/c1-3-25(4-2)33(26-16-14-24(31)15-17-26)29(35)27(20-22-10-12-23(30)13-11-22)28(34)32-38(36,37)19-18-21-8-6-5-7-9-21/h5-19,25,27H,3-4,20H2,1-2H3,(H,32,34)/b19-18+. The predicted molar refractivity (Wildman–Crippen MR) is 144 cm³/mol. The van der Waals surface area contributed by atoms with Crippen molar-refractivity contribution in [2.45, 2.75) is 39.2 Å². The van der Waals surface area contributed by atoms with E-state index in [2.05, 4.69) is 0 Å². The minimum atomic E-state index is -4.24. The molecule has 38 heavy (non-hydrogen) atoms.